The molecule has 1 unspecified atom stereocenters. The average Bonchev–Trinajstić information content (AvgIpc) is 2.05. The molecule has 0 saturated carbocycles. The van der Waals surface area contributed by atoms with Crippen molar-refractivity contribution in [1.29, 1.82) is 0 Å². The maximum absolute atomic E-state index is 10.9. The van der Waals surface area contributed by atoms with Crippen LogP contribution in [0.3, 0.4) is 0 Å². The van der Waals surface area contributed by atoms with Crippen LogP contribution >= 0.6 is 11.6 Å². The van der Waals surface area contributed by atoms with Gasteiger partial charge in [-0.1, -0.05) is 0 Å². The van der Waals surface area contributed by atoms with Crippen LogP contribution in [0.1, 0.15) is 12.8 Å². The highest BCUT2D eigenvalue weighted by atomic mass is 35.5. The summed E-state index contributed by atoms with van der Waals surface area (Å²) in [4.78, 5) is 12.1. The third-order valence-electron chi connectivity index (χ3n) is 3.04. The van der Waals surface area contributed by atoms with Crippen LogP contribution in [0.25, 0.3) is 0 Å². The molecule has 3 aliphatic heterocycles. The normalized spacial score (nSPS) is 46.1. The van der Waals surface area contributed by atoms with Crippen molar-refractivity contribution in [2.75, 3.05) is 19.6 Å². The van der Waals surface area contributed by atoms with Crippen molar-refractivity contribution in [3.63, 3.8) is 0 Å². The Morgan fingerprint density at radius 2 is 2.08 bits per heavy atom. The average molecular weight is 190 g/mol. The molecule has 0 spiro atoms. The lowest BCUT2D eigenvalue weighted by Crippen LogP contribution is -2.59. The SMILES string of the molecule is O=C(O)C1(Cl)CN2CCC1CC2. The fraction of sp³-hybridized carbons (Fsp3) is 0.875. The topological polar surface area (TPSA) is 40.5 Å². The van der Waals surface area contributed by atoms with Crippen molar-refractivity contribution in [2.45, 2.75) is 17.7 Å². The second kappa shape index (κ2) is 2.60. The van der Waals surface area contributed by atoms with E-state index >= 15 is 0 Å². The number of carbonyl (C=O) groups is 1. The highest BCUT2D eigenvalue weighted by Gasteiger charge is 2.50. The van der Waals surface area contributed by atoms with Gasteiger partial charge in [0.25, 0.3) is 0 Å². The highest BCUT2D eigenvalue weighted by molar-refractivity contribution is 6.34. The van der Waals surface area contributed by atoms with Gasteiger partial charge in [0, 0.05) is 6.54 Å². The van der Waals surface area contributed by atoms with E-state index in [9.17, 15) is 4.79 Å². The molecule has 3 saturated heterocycles. The van der Waals surface area contributed by atoms with E-state index in [2.05, 4.69) is 4.90 Å². The summed E-state index contributed by atoms with van der Waals surface area (Å²) in [6.45, 7) is 2.56. The number of carboxylic acids is 1. The number of halogens is 1. The Labute approximate surface area is 76.3 Å². The number of piperidine rings is 3. The zero-order valence-corrected chi connectivity index (χ0v) is 7.55. The summed E-state index contributed by atoms with van der Waals surface area (Å²) in [5, 5.41) is 8.96. The number of aliphatic carboxylic acids is 1. The van der Waals surface area contributed by atoms with Crippen LogP contribution in [0, 0.1) is 5.92 Å². The maximum Gasteiger partial charge on any atom is 0.326 e. The predicted octanol–water partition coefficient (Wildman–Crippen LogP) is 0.774. The summed E-state index contributed by atoms with van der Waals surface area (Å²) in [6, 6.07) is 0. The van der Waals surface area contributed by atoms with Gasteiger partial charge in [0.15, 0.2) is 4.87 Å². The monoisotopic (exact) mass is 189 g/mol. The molecule has 4 heteroatoms. The van der Waals surface area contributed by atoms with Crippen LogP contribution in [-0.2, 0) is 4.79 Å². The number of fused-ring (bicyclic) bond motifs is 3. The second-order valence-corrected chi connectivity index (χ2v) is 4.39. The van der Waals surface area contributed by atoms with Crippen LogP contribution in [0.4, 0.5) is 0 Å². The molecule has 3 nitrogen and oxygen atoms in total. The first kappa shape index (κ1) is 8.32. The minimum Gasteiger partial charge on any atom is -0.480 e. The van der Waals surface area contributed by atoms with Gasteiger partial charge in [-0.3, -0.25) is 4.79 Å². The molecule has 0 aliphatic carbocycles. The van der Waals surface area contributed by atoms with Gasteiger partial charge < -0.3 is 10.0 Å². The third-order valence-corrected chi connectivity index (χ3v) is 3.63. The van der Waals surface area contributed by atoms with Crippen molar-refractivity contribution in [2.24, 2.45) is 5.92 Å². The van der Waals surface area contributed by atoms with Crippen molar-refractivity contribution in [3.05, 3.63) is 0 Å². The standard InChI is InChI=1S/C8H12ClNO2/c9-8(7(11)12)5-10-3-1-6(8)2-4-10/h6H,1-5H2,(H,11,12). The number of hydrogen-bond donors (Lipinski definition) is 1. The van der Waals surface area contributed by atoms with Crippen LogP contribution in [0.15, 0.2) is 0 Å². The van der Waals surface area contributed by atoms with Crippen LogP contribution < -0.4 is 0 Å². The van der Waals surface area contributed by atoms with Crippen molar-refractivity contribution < 1.29 is 9.90 Å². The van der Waals surface area contributed by atoms with Gasteiger partial charge in [0.1, 0.15) is 0 Å². The summed E-state index contributed by atoms with van der Waals surface area (Å²) < 4.78 is 0. The molecule has 1 N–H and O–H groups in total. The first-order valence-electron chi connectivity index (χ1n) is 4.27. The molecular formula is C8H12ClNO2. The molecule has 68 valence electrons. The minimum absolute atomic E-state index is 0.182. The van der Waals surface area contributed by atoms with E-state index in [0.29, 0.717) is 6.54 Å². The van der Waals surface area contributed by atoms with Gasteiger partial charge >= 0.3 is 5.97 Å². The number of rotatable bonds is 1. The van der Waals surface area contributed by atoms with Gasteiger partial charge in [0.2, 0.25) is 0 Å². The number of hydrogen-bond acceptors (Lipinski definition) is 2. The molecular weight excluding hydrogens is 178 g/mol. The molecule has 3 heterocycles. The molecule has 12 heavy (non-hydrogen) atoms. The van der Waals surface area contributed by atoms with E-state index in [-0.39, 0.29) is 5.92 Å². The molecule has 3 aliphatic rings. The summed E-state index contributed by atoms with van der Waals surface area (Å²) in [7, 11) is 0. The Morgan fingerprint density at radius 3 is 2.33 bits per heavy atom. The minimum atomic E-state index is -0.990. The van der Waals surface area contributed by atoms with E-state index in [1.165, 1.54) is 0 Å². The summed E-state index contributed by atoms with van der Waals surface area (Å²) in [5.74, 6) is -0.666. The van der Waals surface area contributed by atoms with Crippen LogP contribution in [0.2, 0.25) is 0 Å². The smallest absolute Gasteiger partial charge is 0.326 e. The number of alkyl halides is 1. The third kappa shape index (κ3) is 1.04. The summed E-state index contributed by atoms with van der Waals surface area (Å²) >= 11 is 6.07. The van der Waals surface area contributed by atoms with Crippen molar-refractivity contribution in [1.82, 2.24) is 4.90 Å². The number of carboxylic acid groups (broad SMARTS) is 1. The maximum atomic E-state index is 10.9. The van der Waals surface area contributed by atoms with E-state index in [1.807, 2.05) is 0 Å². The Morgan fingerprint density at radius 1 is 1.50 bits per heavy atom. The Bertz CT molecular complexity index is 213. The van der Waals surface area contributed by atoms with Gasteiger partial charge in [-0.05, 0) is 31.8 Å². The zero-order valence-electron chi connectivity index (χ0n) is 6.79. The predicted molar refractivity (Wildman–Crippen MR) is 45.4 cm³/mol. The fourth-order valence-electron chi connectivity index (χ4n) is 2.25. The summed E-state index contributed by atoms with van der Waals surface area (Å²) in [6.07, 6.45) is 1.88. The molecule has 1 atom stereocenters. The molecule has 3 rings (SSSR count). The Kier molecular flexibility index (Phi) is 1.81. The lowest BCUT2D eigenvalue weighted by molar-refractivity contribution is -0.145. The molecule has 3 fully saturated rings. The van der Waals surface area contributed by atoms with Crippen molar-refractivity contribution in [3.8, 4) is 0 Å². The fourth-order valence-corrected chi connectivity index (χ4v) is 2.63. The molecule has 0 aromatic rings. The van der Waals surface area contributed by atoms with E-state index in [4.69, 9.17) is 16.7 Å². The van der Waals surface area contributed by atoms with Gasteiger partial charge in [-0.25, -0.2) is 0 Å². The second-order valence-electron chi connectivity index (χ2n) is 3.72. The molecule has 0 aromatic carbocycles. The largest absolute Gasteiger partial charge is 0.480 e. The molecule has 2 bridgehead atoms. The lowest BCUT2D eigenvalue weighted by Gasteiger charge is -2.47. The highest BCUT2D eigenvalue weighted by Crippen LogP contribution is 2.40. The van der Waals surface area contributed by atoms with Gasteiger partial charge in [-0.15, -0.1) is 11.6 Å². The number of nitrogens with zero attached hydrogens (tertiary/aromatic N) is 1. The molecule has 0 aromatic heterocycles. The van der Waals surface area contributed by atoms with E-state index < -0.39 is 10.8 Å². The lowest BCUT2D eigenvalue weighted by atomic mass is 9.78. The van der Waals surface area contributed by atoms with Crippen molar-refractivity contribution >= 4 is 17.6 Å². The van der Waals surface area contributed by atoms with E-state index in [1.54, 1.807) is 0 Å². The quantitative estimate of drug-likeness (QED) is 0.620. The van der Waals surface area contributed by atoms with Crippen LogP contribution in [0.5, 0.6) is 0 Å². The van der Waals surface area contributed by atoms with E-state index in [0.717, 1.165) is 25.9 Å². The van der Waals surface area contributed by atoms with Gasteiger partial charge in [-0.2, -0.15) is 0 Å². The Hall–Kier alpha value is -0.280. The zero-order chi connectivity index (χ0) is 8.77. The first-order chi connectivity index (χ1) is 5.63. The summed E-state index contributed by atoms with van der Waals surface area (Å²) in [5.41, 5.74) is 0. The molecule has 0 radical (unpaired) electrons. The molecule has 0 amide bonds. The first-order valence-corrected chi connectivity index (χ1v) is 4.65. The van der Waals surface area contributed by atoms with Crippen LogP contribution in [-0.4, -0.2) is 40.5 Å². The van der Waals surface area contributed by atoms with Gasteiger partial charge in [0.05, 0.1) is 0 Å². The Balaban J connectivity index is 2.22.